The quantitative estimate of drug-likeness (QED) is 0.922. The number of fused-ring (bicyclic) bond motifs is 2. The Bertz CT molecular complexity index is 470. The van der Waals surface area contributed by atoms with Gasteiger partial charge in [-0.2, -0.15) is 5.10 Å². The van der Waals surface area contributed by atoms with E-state index in [-0.39, 0.29) is 10.5 Å². The summed E-state index contributed by atoms with van der Waals surface area (Å²) in [5.41, 5.74) is 0.102. The molecule has 2 aliphatic rings. The van der Waals surface area contributed by atoms with E-state index < -0.39 is 16.4 Å². The Labute approximate surface area is 116 Å². The van der Waals surface area contributed by atoms with Gasteiger partial charge in [-0.05, 0) is 32.1 Å². The van der Waals surface area contributed by atoms with Gasteiger partial charge in [-0.1, -0.05) is 13.3 Å². The van der Waals surface area contributed by atoms with Crippen LogP contribution in [0.15, 0.2) is 12.4 Å². The second-order valence-corrected chi connectivity index (χ2v) is 7.93. The molecule has 2 fully saturated rings. The summed E-state index contributed by atoms with van der Waals surface area (Å²) in [5, 5.41) is 15.6. The Kier molecular flexibility index (Phi) is 3.52. The highest BCUT2D eigenvalue weighted by Gasteiger charge is 2.46. The highest BCUT2D eigenvalue weighted by molar-refractivity contribution is 7.86. The Morgan fingerprint density at radius 1 is 1.47 bits per heavy atom. The van der Waals surface area contributed by atoms with Gasteiger partial charge in [0.05, 0.1) is 11.8 Å². The fourth-order valence-corrected chi connectivity index (χ4v) is 5.70. The summed E-state index contributed by atoms with van der Waals surface area (Å²) >= 11 is 0. The summed E-state index contributed by atoms with van der Waals surface area (Å²) in [6.07, 6.45) is 9.21. The summed E-state index contributed by atoms with van der Waals surface area (Å²) < 4.78 is 14.1. The molecule has 1 aromatic heterocycles. The largest absolute Gasteiger partial charge is 0.385 e. The average molecular weight is 282 g/mol. The summed E-state index contributed by atoms with van der Waals surface area (Å²) in [5.74, 6) is 0. The molecule has 3 heterocycles. The van der Waals surface area contributed by atoms with E-state index in [1.807, 2.05) is 10.9 Å². The molecule has 0 spiro atoms. The maximum atomic E-state index is 12.2. The molecule has 0 amide bonds. The van der Waals surface area contributed by atoms with E-state index in [2.05, 4.69) is 12.0 Å². The second-order valence-electron chi connectivity index (χ2n) is 5.94. The molecular weight excluding hydrogens is 260 g/mol. The molecule has 4 nitrogen and oxygen atoms in total. The standard InChI is InChI=1S/C14H22N2O2S/c1-2-6-16-10-11(9-15-16)14(17)7-12-4-3-5-13(8-14)19(12)18/h9-10,12-13,17H,2-8H2,1H3. The van der Waals surface area contributed by atoms with Crippen molar-refractivity contribution in [2.45, 2.75) is 68.1 Å². The van der Waals surface area contributed by atoms with Crippen LogP contribution in [0.5, 0.6) is 0 Å². The predicted molar refractivity (Wildman–Crippen MR) is 75.2 cm³/mol. The predicted octanol–water partition coefficient (Wildman–Crippen LogP) is 1.94. The third-order valence-electron chi connectivity index (χ3n) is 4.46. The van der Waals surface area contributed by atoms with Gasteiger partial charge in [0.25, 0.3) is 0 Å². The summed E-state index contributed by atoms with van der Waals surface area (Å²) in [7, 11) is -0.740. The van der Waals surface area contributed by atoms with Crippen molar-refractivity contribution in [1.29, 1.82) is 0 Å². The zero-order valence-corrected chi connectivity index (χ0v) is 12.2. The smallest absolute Gasteiger partial charge is 0.0949 e. The van der Waals surface area contributed by atoms with Gasteiger partial charge in [0, 0.05) is 39.6 Å². The van der Waals surface area contributed by atoms with Crippen LogP contribution in [-0.4, -0.2) is 29.6 Å². The van der Waals surface area contributed by atoms with E-state index in [1.165, 1.54) is 0 Å². The first kappa shape index (κ1) is 13.3. The van der Waals surface area contributed by atoms with Gasteiger partial charge in [0.1, 0.15) is 0 Å². The summed E-state index contributed by atoms with van der Waals surface area (Å²) in [6, 6.07) is 0. The van der Waals surface area contributed by atoms with E-state index in [0.29, 0.717) is 12.8 Å². The number of hydrogen-bond acceptors (Lipinski definition) is 3. The lowest BCUT2D eigenvalue weighted by Gasteiger charge is -2.43. The molecule has 2 unspecified atom stereocenters. The van der Waals surface area contributed by atoms with Crippen LogP contribution in [0.3, 0.4) is 0 Å². The van der Waals surface area contributed by atoms with E-state index >= 15 is 0 Å². The molecule has 2 aliphatic heterocycles. The van der Waals surface area contributed by atoms with Crippen molar-refractivity contribution in [2.75, 3.05) is 0 Å². The fourth-order valence-electron chi connectivity index (χ4n) is 3.47. The SMILES string of the molecule is CCCn1cc(C2(O)CC3CCCC(C2)S3=O)cn1. The number of hydrogen-bond donors (Lipinski definition) is 1. The maximum Gasteiger partial charge on any atom is 0.0949 e. The van der Waals surface area contributed by atoms with Crippen LogP contribution in [0.1, 0.15) is 51.0 Å². The van der Waals surface area contributed by atoms with E-state index in [1.54, 1.807) is 6.20 Å². The maximum absolute atomic E-state index is 12.2. The molecule has 2 saturated heterocycles. The number of rotatable bonds is 3. The van der Waals surface area contributed by atoms with Gasteiger partial charge in [-0.25, -0.2) is 0 Å². The first-order chi connectivity index (χ1) is 9.12. The van der Waals surface area contributed by atoms with Crippen molar-refractivity contribution < 1.29 is 9.32 Å². The van der Waals surface area contributed by atoms with Crippen molar-refractivity contribution >= 4 is 10.8 Å². The molecule has 0 radical (unpaired) electrons. The Balaban J connectivity index is 1.84. The lowest BCUT2D eigenvalue weighted by Crippen LogP contribution is -2.47. The summed E-state index contributed by atoms with van der Waals surface area (Å²) in [4.78, 5) is 0. The van der Waals surface area contributed by atoms with Crippen LogP contribution in [0.25, 0.3) is 0 Å². The second kappa shape index (κ2) is 5.02. The van der Waals surface area contributed by atoms with Crippen LogP contribution in [-0.2, 0) is 22.9 Å². The number of aliphatic hydroxyl groups is 1. The first-order valence-corrected chi connectivity index (χ1v) is 8.55. The highest BCUT2D eigenvalue weighted by atomic mass is 32.2. The third-order valence-corrected chi connectivity index (χ3v) is 6.58. The van der Waals surface area contributed by atoms with E-state index in [9.17, 15) is 9.32 Å². The molecule has 5 heteroatoms. The minimum absolute atomic E-state index is 0.173. The Morgan fingerprint density at radius 3 is 2.79 bits per heavy atom. The van der Waals surface area contributed by atoms with Crippen LogP contribution < -0.4 is 0 Å². The Hall–Kier alpha value is -0.680. The molecule has 1 aromatic rings. The molecule has 2 atom stereocenters. The minimum Gasteiger partial charge on any atom is -0.385 e. The lowest BCUT2D eigenvalue weighted by atomic mass is 9.82. The molecule has 0 saturated carbocycles. The average Bonchev–Trinajstić information content (AvgIpc) is 2.81. The molecule has 106 valence electrons. The number of aromatic nitrogens is 2. The topological polar surface area (TPSA) is 55.1 Å². The number of aryl methyl sites for hydroxylation is 1. The van der Waals surface area contributed by atoms with E-state index in [4.69, 9.17) is 0 Å². The van der Waals surface area contributed by atoms with E-state index in [0.717, 1.165) is 37.8 Å². The van der Waals surface area contributed by atoms with Crippen LogP contribution in [0.4, 0.5) is 0 Å². The lowest BCUT2D eigenvalue weighted by molar-refractivity contribution is 0.00645. The zero-order valence-electron chi connectivity index (χ0n) is 11.4. The van der Waals surface area contributed by atoms with Crippen molar-refractivity contribution in [2.24, 2.45) is 0 Å². The molecule has 0 aromatic carbocycles. The minimum atomic E-state index is -0.810. The molecule has 19 heavy (non-hydrogen) atoms. The molecular formula is C14H22N2O2S. The summed E-state index contributed by atoms with van der Waals surface area (Å²) in [6.45, 7) is 3.00. The van der Waals surface area contributed by atoms with Crippen LogP contribution in [0, 0.1) is 0 Å². The van der Waals surface area contributed by atoms with Gasteiger partial charge < -0.3 is 5.11 Å². The van der Waals surface area contributed by atoms with Crippen molar-refractivity contribution in [1.82, 2.24) is 9.78 Å². The van der Waals surface area contributed by atoms with Gasteiger partial charge >= 0.3 is 0 Å². The van der Waals surface area contributed by atoms with Gasteiger partial charge in [0.15, 0.2) is 0 Å². The van der Waals surface area contributed by atoms with Crippen molar-refractivity contribution in [3.05, 3.63) is 18.0 Å². The molecule has 3 rings (SSSR count). The Morgan fingerprint density at radius 2 is 2.16 bits per heavy atom. The molecule has 1 N–H and O–H groups in total. The fraction of sp³-hybridized carbons (Fsp3) is 0.786. The van der Waals surface area contributed by atoms with Crippen LogP contribution >= 0.6 is 0 Å². The van der Waals surface area contributed by atoms with Crippen molar-refractivity contribution in [3.8, 4) is 0 Å². The normalized spacial score (nSPS) is 38.3. The third kappa shape index (κ3) is 2.38. The zero-order chi connectivity index (χ0) is 13.5. The molecule has 2 bridgehead atoms. The monoisotopic (exact) mass is 282 g/mol. The van der Waals surface area contributed by atoms with Gasteiger partial charge in [-0.15, -0.1) is 0 Å². The molecule has 0 aliphatic carbocycles. The first-order valence-electron chi connectivity index (χ1n) is 7.27. The van der Waals surface area contributed by atoms with Gasteiger partial charge in [-0.3, -0.25) is 8.89 Å². The highest BCUT2D eigenvalue weighted by Crippen LogP contribution is 2.44. The number of nitrogens with zero attached hydrogens (tertiary/aromatic N) is 2. The van der Waals surface area contributed by atoms with Crippen molar-refractivity contribution in [3.63, 3.8) is 0 Å². The van der Waals surface area contributed by atoms with Gasteiger partial charge in [0.2, 0.25) is 0 Å². The van der Waals surface area contributed by atoms with Crippen LogP contribution in [0.2, 0.25) is 0 Å².